The van der Waals surface area contributed by atoms with Crippen LogP contribution in [0, 0.1) is 5.92 Å². The molecule has 10 heavy (non-hydrogen) atoms. The van der Waals surface area contributed by atoms with Gasteiger partial charge in [-0.2, -0.15) is 0 Å². The highest BCUT2D eigenvalue weighted by Gasteiger charge is 2.25. The van der Waals surface area contributed by atoms with Crippen molar-refractivity contribution in [3.8, 4) is 0 Å². The summed E-state index contributed by atoms with van der Waals surface area (Å²) in [6.07, 6.45) is 0.907. The Morgan fingerprint density at radius 2 is 2.50 bits per heavy atom. The van der Waals surface area contributed by atoms with Crippen molar-refractivity contribution in [1.29, 1.82) is 0 Å². The lowest BCUT2D eigenvalue weighted by Gasteiger charge is -1.99. The minimum Gasteiger partial charge on any atom is -0.356 e. The molecule has 1 aliphatic heterocycles. The predicted octanol–water partition coefficient (Wildman–Crippen LogP) is 0.278. The van der Waals surface area contributed by atoms with Gasteiger partial charge in [0.15, 0.2) is 0 Å². The molecule has 56 valence electrons. The van der Waals surface area contributed by atoms with Gasteiger partial charge in [0, 0.05) is 18.9 Å². The third-order valence-electron chi connectivity index (χ3n) is 1.57. The lowest BCUT2D eigenvalue weighted by molar-refractivity contribution is -0.125. The molecule has 4 heteroatoms. The summed E-state index contributed by atoms with van der Waals surface area (Å²) in [6.45, 7) is 0.674. The summed E-state index contributed by atoms with van der Waals surface area (Å²) < 4.78 is 0. The second-order valence-electron chi connectivity index (χ2n) is 2.34. The van der Waals surface area contributed by atoms with Gasteiger partial charge in [-0.3, -0.25) is 9.59 Å². The Morgan fingerprint density at radius 1 is 1.80 bits per heavy atom. The highest BCUT2D eigenvalue weighted by atomic mass is 35.5. The average Bonchev–Trinajstić information content (AvgIpc) is 2.15. The third kappa shape index (κ3) is 1.70. The molecular weight excluding hydrogens is 154 g/mol. The Bertz CT molecular complexity index is 169. The number of hydrogen-bond acceptors (Lipinski definition) is 2. The van der Waals surface area contributed by atoms with Crippen molar-refractivity contribution >= 4 is 22.8 Å². The molecule has 1 N–H and O–H groups in total. The Balaban J connectivity index is 2.40. The normalized spacial score (nSPS) is 24.5. The standard InChI is InChI=1S/C6H8ClNO2/c7-5(9)3-4-1-2-8-6(4)10/h4H,1-3H2,(H,8,10)/t4-/m0/s1. The third-order valence-corrected chi connectivity index (χ3v) is 1.72. The quantitative estimate of drug-likeness (QED) is 0.592. The van der Waals surface area contributed by atoms with Gasteiger partial charge in [0.25, 0.3) is 0 Å². The van der Waals surface area contributed by atoms with E-state index in [1.54, 1.807) is 0 Å². The summed E-state index contributed by atoms with van der Waals surface area (Å²) in [6, 6.07) is 0. The summed E-state index contributed by atoms with van der Waals surface area (Å²) in [7, 11) is 0. The molecular formula is C6H8ClNO2. The van der Waals surface area contributed by atoms with Crippen molar-refractivity contribution < 1.29 is 9.59 Å². The highest BCUT2D eigenvalue weighted by Crippen LogP contribution is 2.14. The van der Waals surface area contributed by atoms with Crippen molar-refractivity contribution in [1.82, 2.24) is 5.32 Å². The number of carbonyl (C=O) groups excluding carboxylic acids is 2. The van der Waals surface area contributed by atoms with E-state index in [1.165, 1.54) is 0 Å². The molecule has 0 aromatic rings. The zero-order valence-electron chi connectivity index (χ0n) is 5.39. The van der Waals surface area contributed by atoms with Crippen LogP contribution in [0.25, 0.3) is 0 Å². The Labute approximate surface area is 63.7 Å². The molecule has 0 aromatic carbocycles. The number of amides is 1. The van der Waals surface area contributed by atoms with E-state index in [0.29, 0.717) is 6.54 Å². The molecule has 0 saturated carbocycles. The van der Waals surface area contributed by atoms with Crippen LogP contribution < -0.4 is 5.32 Å². The molecule has 3 nitrogen and oxygen atoms in total. The first-order valence-corrected chi connectivity index (χ1v) is 3.54. The highest BCUT2D eigenvalue weighted by molar-refractivity contribution is 6.63. The van der Waals surface area contributed by atoms with Gasteiger partial charge in [0.1, 0.15) is 0 Å². The molecule has 0 unspecified atom stereocenters. The van der Waals surface area contributed by atoms with E-state index in [0.717, 1.165) is 6.42 Å². The summed E-state index contributed by atoms with van der Waals surface area (Å²) in [5, 5.41) is 2.20. The minimum absolute atomic E-state index is 0.0472. The maximum Gasteiger partial charge on any atom is 0.223 e. The Morgan fingerprint density at radius 3 is 2.90 bits per heavy atom. The first-order chi connectivity index (χ1) is 4.70. The molecule has 0 bridgehead atoms. The van der Waals surface area contributed by atoms with Crippen LogP contribution in [0.1, 0.15) is 12.8 Å². The van der Waals surface area contributed by atoms with Gasteiger partial charge in [-0.15, -0.1) is 0 Å². The zero-order chi connectivity index (χ0) is 7.56. The van der Waals surface area contributed by atoms with E-state index in [4.69, 9.17) is 11.6 Å². The topological polar surface area (TPSA) is 46.2 Å². The minimum atomic E-state index is -0.429. The van der Waals surface area contributed by atoms with Gasteiger partial charge in [-0.1, -0.05) is 0 Å². The number of hydrogen-bond donors (Lipinski definition) is 1. The summed E-state index contributed by atoms with van der Waals surface area (Å²) in [4.78, 5) is 21.1. The number of carbonyl (C=O) groups is 2. The van der Waals surface area contributed by atoms with E-state index in [9.17, 15) is 9.59 Å². The van der Waals surface area contributed by atoms with Gasteiger partial charge in [0.2, 0.25) is 11.1 Å². The number of nitrogens with one attached hydrogen (secondary N) is 1. The van der Waals surface area contributed by atoms with E-state index in [1.807, 2.05) is 0 Å². The number of rotatable bonds is 2. The predicted molar refractivity (Wildman–Crippen MR) is 36.6 cm³/mol. The molecule has 0 radical (unpaired) electrons. The second-order valence-corrected chi connectivity index (χ2v) is 2.76. The first kappa shape index (κ1) is 7.54. The van der Waals surface area contributed by atoms with Gasteiger partial charge < -0.3 is 5.32 Å². The summed E-state index contributed by atoms with van der Waals surface area (Å²) in [5.74, 6) is -0.223. The monoisotopic (exact) mass is 161 g/mol. The molecule has 1 aliphatic rings. The van der Waals surface area contributed by atoms with E-state index in [-0.39, 0.29) is 18.2 Å². The smallest absolute Gasteiger partial charge is 0.223 e. The molecule has 0 aromatic heterocycles. The molecule has 1 saturated heterocycles. The fourth-order valence-electron chi connectivity index (χ4n) is 1.03. The lowest BCUT2D eigenvalue weighted by atomic mass is 10.1. The first-order valence-electron chi connectivity index (χ1n) is 3.16. The van der Waals surface area contributed by atoms with Crippen LogP contribution in [-0.2, 0) is 9.59 Å². The van der Waals surface area contributed by atoms with Crippen molar-refractivity contribution in [2.75, 3.05) is 6.54 Å². The van der Waals surface area contributed by atoms with Crippen LogP contribution in [-0.4, -0.2) is 17.7 Å². The average molecular weight is 162 g/mol. The van der Waals surface area contributed by atoms with Crippen molar-refractivity contribution in [3.63, 3.8) is 0 Å². The van der Waals surface area contributed by atoms with Gasteiger partial charge in [-0.25, -0.2) is 0 Å². The molecule has 1 atom stereocenters. The summed E-state index contributed by atoms with van der Waals surface area (Å²) in [5.41, 5.74) is 0. The van der Waals surface area contributed by atoms with Crippen LogP contribution in [0.15, 0.2) is 0 Å². The van der Waals surface area contributed by atoms with Crippen molar-refractivity contribution in [3.05, 3.63) is 0 Å². The lowest BCUT2D eigenvalue weighted by Crippen LogP contribution is -2.19. The Kier molecular flexibility index (Phi) is 2.27. The molecule has 1 fully saturated rings. The van der Waals surface area contributed by atoms with Gasteiger partial charge in [-0.05, 0) is 18.0 Å². The SMILES string of the molecule is O=C(Cl)C[C@@H]1CCNC1=O. The second kappa shape index (κ2) is 3.01. The van der Waals surface area contributed by atoms with Gasteiger partial charge >= 0.3 is 0 Å². The summed E-state index contributed by atoms with van der Waals surface area (Å²) >= 11 is 5.10. The largest absolute Gasteiger partial charge is 0.356 e. The van der Waals surface area contributed by atoms with E-state index in [2.05, 4.69) is 5.32 Å². The van der Waals surface area contributed by atoms with Crippen molar-refractivity contribution in [2.24, 2.45) is 5.92 Å². The van der Waals surface area contributed by atoms with Crippen LogP contribution >= 0.6 is 11.6 Å². The van der Waals surface area contributed by atoms with E-state index >= 15 is 0 Å². The fourth-order valence-corrected chi connectivity index (χ4v) is 1.22. The van der Waals surface area contributed by atoms with E-state index < -0.39 is 5.24 Å². The number of halogens is 1. The zero-order valence-corrected chi connectivity index (χ0v) is 6.15. The van der Waals surface area contributed by atoms with Gasteiger partial charge in [0.05, 0.1) is 0 Å². The van der Waals surface area contributed by atoms with Crippen LogP contribution in [0.2, 0.25) is 0 Å². The van der Waals surface area contributed by atoms with Crippen LogP contribution in [0.3, 0.4) is 0 Å². The molecule has 0 aliphatic carbocycles. The molecule has 1 heterocycles. The molecule has 1 rings (SSSR count). The van der Waals surface area contributed by atoms with Crippen LogP contribution in [0.5, 0.6) is 0 Å². The maximum atomic E-state index is 10.8. The maximum absolute atomic E-state index is 10.8. The Hall–Kier alpha value is -0.570. The molecule has 1 amide bonds. The van der Waals surface area contributed by atoms with Crippen molar-refractivity contribution in [2.45, 2.75) is 12.8 Å². The van der Waals surface area contributed by atoms with Crippen LogP contribution in [0.4, 0.5) is 0 Å². The molecule has 0 spiro atoms. The fraction of sp³-hybridized carbons (Fsp3) is 0.667.